The number of hydrogen-bond donors (Lipinski definition) is 1. The van der Waals surface area contributed by atoms with Crippen molar-refractivity contribution in [3.8, 4) is 0 Å². The molecule has 0 radical (unpaired) electrons. The Morgan fingerprint density at radius 3 is 2.35 bits per heavy atom. The Hall–Kier alpha value is -1.07. The zero-order valence-corrected chi connectivity index (χ0v) is 11.6. The Bertz CT molecular complexity index is 443. The first kappa shape index (κ1) is 15.3. The maximum Gasteiger partial charge on any atom is 0.416 e. The molecule has 1 heterocycles. The molecule has 0 saturated carbocycles. The molecule has 1 aliphatic rings. The predicted molar refractivity (Wildman–Crippen MR) is 71.3 cm³/mol. The second-order valence-corrected chi connectivity index (χ2v) is 5.39. The summed E-state index contributed by atoms with van der Waals surface area (Å²) in [6.45, 7) is 4.71. The van der Waals surface area contributed by atoms with Crippen molar-refractivity contribution in [2.45, 2.75) is 38.0 Å². The quantitative estimate of drug-likeness (QED) is 0.901. The van der Waals surface area contributed by atoms with E-state index in [1.165, 1.54) is 12.1 Å². The molecule has 2 nitrogen and oxygen atoms in total. The van der Waals surface area contributed by atoms with Crippen LogP contribution in [0.4, 0.5) is 13.2 Å². The average molecular weight is 287 g/mol. The third-order valence-corrected chi connectivity index (χ3v) is 4.10. The summed E-state index contributed by atoms with van der Waals surface area (Å²) in [5.41, 5.74) is -1.09. The summed E-state index contributed by atoms with van der Waals surface area (Å²) in [7, 11) is 0. The number of alkyl halides is 3. The van der Waals surface area contributed by atoms with Gasteiger partial charge in [-0.3, -0.25) is 0 Å². The SMILES string of the molecule is CCN1CCCC(O)(c2ccc(C(F)(F)F)cc2)CC1. The molecular weight excluding hydrogens is 267 g/mol. The first-order valence-corrected chi connectivity index (χ1v) is 6.97. The predicted octanol–water partition coefficient (Wildman–Crippen LogP) is 3.40. The minimum atomic E-state index is -4.33. The largest absolute Gasteiger partial charge is 0.416 e. The Morgan fingerprint density at radius 2 is 1.80 bits per heavy atom. The highest BCUT2D eigenvalue weighted by molar-refractivity contribution is 5.29. The normalized spacial score (nSPS) is 25.4. The molecule has 1 aromatic rings. The molecule has 0 bridgehead atoms. The van der Waals surface area contributed by atoms with E-state index in [1.54, 1.807) is 0 Å². The van der Waals surface area contributed by atoms with E-state index in [1.807, 2.05) is 0 Å². The van der Waals surface area contributed by atoms with Crippen LogP contribution in [0.3, 0.4) is 0 Å². The summed E-state index contributed by atoms with van der Waals surface area (Å²) >= 11 is 0. The van der Waals surface area contributed by atoms with Gasteiger partial charge in [0.2, 0.25) is 0 Å². The first-order valence-electron chi connectivity index (χ1n) is 6.97. The molecule has 1 aromatic carbocycles. The van der Waals surface area contributed by atoms with Crippen LogP contribution in [0.15, 0.2) is 24.3 Å². The lowest BCUT2D eigenvalue weighted by Gasteiger charge is -2.27. The third-order valence-electron chi connectivity index (χ3n) is 4.10. The van der Waals surface area contributed by atoms with Gasteiger partial charge >= 0.3 is 6.18 Å². The van der Waals surface area contributed by atoms with Gasteiger partial charge in [0.25, 0.3) is 0 Å². The third kappa shape index (κ3) is 3.33. The van der Waals surface area contributed by atoms with Crippen molar-refractivity contribution >= 4 is 0 Å². The van der Waals surface area contributed by atoms with Crippen LogP contribution in [0.25, 0.3) is 0 Å². The fourth-order valence-electron chi connectivity index (χ4n) is 2.75. The Kier molecular flexibility index (Phi) is 4.39. The van der Waals surface area contributed by atoms with Gasteiger partial charge in [-0.25, -0.2) is 0 Å². The van der Waals surface area contributed by atoms with Gasteiger partial charge in [-0.15, -0.1) is 0 Å². The van der Waals surface area contributed by atoms with Crippen molar-refractivity contribution < 1.29 is 18.3 Å². The second kappa shape index (κ2) is 5.74. The van der Waals surface area contributed by atoms with E-state index >= 15 is 0 Å². The molecule has 112 valence electrons. The molecule has 2 rings (SSSR count). The number of benzene rings is 1. The number of aliphatic hydroxyl groups is 1. The maximum atomic E-state index is 12.6. The number of halogens is 3. The minimum absolute atomic E-state index is 0.562. The van der Waals surface area contributed by atoms with Crippen LogP contribution in [0, 0.1) is 0 Å². The highest BCUT2D eigenvalue weighted by atomic mass is 19.4. The number of hydrogen-bond acceptors (Lipinski definition) is 2. The van der Waals surface area contributed by atoms with E-state index < -0.39 is 17.3 Å². The fraction of sp³-hybridized carbons (Fsp3) is 0.600. The zero-order chi connectivity index (χ0) is 14.8. The van der Waals surface area contributed by atoms with Crippen molar-refractivity contribution in [2.24, 2.45) is 0 Å². The van der Waals surface area contributed by atoms with Crippen LogP contribution >= 0.6 is 0 Å². The standard InChI is InChI=1S/C15H20F3NO/c1-2-19-10-3-8-14(20,9-11-19)12-4-6-13(7-5-12)15(16,17)18/h4-7,20H,2-3,8-11H2,1H3. The zero-order valence-electron chi connectivity index (χ0n) is 11.6. The number of rotatable bonds is 2. The van der Waals surface area contributed by atoms with Crippen LogP contribution in [-0.2, 0) is 11.8 Å². The van der Waals surface area contributed by atoms with Gasteiger partial charge in [0.15, 0.2) is 0 Å². The van der Waals surface area contributed by atoms with Gasteiger partial charge in [-0.1, -0.05) is 19.1 Å². The molecule has 1 aliphatic heterocycles. The molecule has 0 aliphatic carbocycles. The maximum absolute atomic E-state index is 12.6. The first-order chi connectivity index (χ1) is 9.35. The minimum Gasteiger partial charge on any atom is -0.385 e. The summed E-state index contributed by atoms with van der Waals surface area (Å²) in [4.78, 5) is 2.25. The highest BCUT2D eigenvalue weighted by Gasteiger charge is 2.34. The monoisotopic (exact) mass is 287 g/mol. The van der Waals surface area contributed by atoms with Crippen LogP contribution in [0.2, 0.25) is 0 Å². The molecule has 1 N–H and O–H groups in total. The summed E-state index contributed by atoms with van der Waals surface area (Å²) in [6.07, 6.45) is -2.32. The van der Waals surface area contributed by atoms with Gasteiger partial charge < -0.3 is 10.0 Å². The highest BCUT2D eigenvalue weighted by Crippen LogP contribution is 2.35. The van der Waals surface area contributed by atoms with Gasteiger partial charge in [0.05, 0.1) is 11.2 Å². The summed E-state index contributed by atoms with van der Waals surface area (Å²) in [6, 6.07) is 4.92. The lowest BCUT2D eigenvalue weighted by Crippen LogP contribution is -2.29. The van der Waals surface area contributed by atoms with E-state index in [-0.39, 0.29) is 0 Å². The van der Waals surface area contributed by atoms with E-state index in [4.69, 9.17) is 0 Å². The van der Waals surface area contributed by atoms with Crippen molar-refractivity contribution in [1.29, 1.82) is 0 Å². The molecular formula is C15H20F3NO. The van der Waals surface area contributed by atoms with Crippen LogP contribution in [0.1, 0.15) is 37.3 Å². The van der Waals surface area contributed by atoms with E-state index in [0.29, 0.717) is 18.4 Å². The summed E-state index contributed by atoms with van der Waals surface area (Å²) in [5.74, 6) is 0. The van der Waals surface area contributed by atoms with Crippen molar-refractivity contribution in [2.75, 3.05) is 19.6 Å². The molecule has 1 unspecified atom stereocenters. The molecule has 0 amide bonds. The van der Waals surface area contributed by atoms with Crippen molar-refractivity contribution in [1.82, 2.24) is 4.90 Å². The lowest BCUT2D eigenvalue weighted by atomic mass is 9.86. The van der Waals surface area contributed by atoms with Crippen LogP contribution < -0.4 is 0 Å². The number of likely N-dealkylation sites (tertiary alicyclic amines) is 1. The van der Waals surface area contributed by atoms with Crippen molar-refractivity contribution in [3.05, 3.63) is 35.4 Å². The average Bonchev–Trinajstić information content (AvgIpc) is 2.61. The lowest BCUT2D eigenvalue weighted by molar-refractivity contribution is -0.137. The molecule has 1 fully saturated rings. The van der Waals surface area contributed by atoms with Crippen LogP contribution in [0.5, 0.6) is 0 Å². The van der Waals surface area contributed by atoms with Crippen LogP contribution in [-0.4, -0.2) is 29.6 Å². The summed E-state index contributed by atoms with van der Waals surface area (Å²) < 4.78 is 37.7. The Labute approximate surface area is 117 Å². The van der Waals surface area contributed by atoms with Gasteiger partial charge in [0, 0.05) is 6.54 Å². The van der Waals surface area contributed by atoms with Gasteiger partial charge in [-0.2, -0.15) is 13.2 Å². The van der Waals surface area contributed by atoms with E-state index in [0.717, 1.165) is 38.2 Å². The molecule has 5 heteroatoms. The molecule has 1 saturated heterocycles. The molecule has 0 aromatic heterocycles. The second-order valence-electron chi connectivity index (χ2n) is 5.39. The summed E-state index contributed by atoms with van der Waals surface area (Å²) in [5, 5.41) is 10.7. The smallest absolute Gasteiger partial charge is 0.385 e. The Balaban J connectivity index is 2.17. The fourth-order valence-corrected chi connectivity index (χ4v) is 2.75. The van der Waals surface area contributed by atoms with Gasteiger partial charge in [-0.05, 0) is 50.0 Å². The van der Waals surface area contributed by atoms with E-state index in [2.05, 4.69) is 11.8 Å². The Morgan fingerprint density at radius 1 is 1.15 bits per heavy atom. The molecule has 20 heavy (non-hydrogen) atoms. The van der Waals surface area contributed by atoms with Gasteiger partial charge in [0.1, 0.15) is 0 Å². The van der Waals surface area contributed by atoms with Crippen molar-refractivity contribution in [3.63, 3.8) is 0 Å². The molecule has 1 atom stereocenters. The molecule has 0 spiro atoms. The van der Waals surface area contributed by atoms with E-state index in [9.17, 15) is 18.3 Å². The number of nitrogens with zero attached hydrogens (tertiary/aromatic N) is 1. The topological polar surface area (TPSA) is 23.5 Å².